The van der Waals surface area contributed by atoms with Crippen molar-refractivity contribution in [3.05, 3.63) is 42.6 Å². The largest absolute Gasteiger partial charge is 0.494 e. The molecule has 1 aliphatic carbocycles. The zero-order valence-corrected chi connectivity index (χ0v) is 17.1. The van der Waals surface area contributed by atoms with Crippen molar-refractivity contribution in [2.45, 2.75) is 45.6 Å². The second-order valence-corrected chi connectivity index (χ2v) is 8.08. The standard InChI is InChI=1S/C22H27N5O2/c1-14(2)15-4-6-17(7-5-15)27-13-16-10-19(21(29-3)11-18(16)26-27)25-22(28)20-12-23-8-9-24-20/h8-15,17H,4-7H2,1-3H3,(H,25,28). The lowest BCUT2D eigenvalue weighted by Gasteiger charge is -2.30. The zero-order chi connectivity index (χ0) is 20.4. The van der Waals surface area contributed by atoms with Crippen molar-refractivity contribution in [3.8, 4) is 5.75 Å². The maximum absolute atomic E-state index is 12.5. The smallest absolute Gasteiger partial charge is 0.275 e. The molecule has 1 amide bonds. The molecule has 1 aromatic carbocycles. The third-order valence-electron chi connectivity index (χ3n) is 5.95. The predicted octanol–water partition coefficient (Wildman–Crippen LogP) is 4.47. The monoisotopic (exact) mass is 393 g/mol. The minimum atomic E-state index is -0.324. The molecule has 0 aliphatic heterocycles. The van der Waals surface area contributed by atoms with Gasteiger partial charge in [-0.25, -0.2) is 4.98 Å². The molecule has 0 bridgehead atoms. The van der Waals surface area contributed by atoms with Gasteiger partial charge in [0.2, 0.25) is 0 Å². The molecule has 29 heavy (non-hydrogen) atoms. The topological polar surface area (TPSA) is 81.9 Å². The van der Waals surface area contributed by atoms with Crippen LogP contribution in [0, 0.1) is 11.8 Å². The molecule has 1 aliphatic rings. The van der Waals surface area contributed by atoms with Gasteiger partial charge in [-0.3, -0.25) is 14.5 Å². The Bertz CT molecular complexity index is 991. The first-order chi connectivity index (χ1) is 14.0. The van der Waals surface area contributed by atoms with Crippen LogP contribution >= 0.6 is 0 Å². The number of hydrogen-bond donors (Lipinski definition) is 1. The summed E-state index contributed by atoms with van der Waals surface area (Å²) in [4.78, 5) is 20.5. The average molecular weight is 393 g/mol. The van der Waals surface area contributed by atoms with E-state index in [0.29, 0.717) is 17.5 Å². The van der Waals surface area contributed by atoms with Crippen molar-refractivity contribution >= 4 is 22.5 Å². The molecule has 7 nitrogen and oxygen atoms in total. The van der Waals surface area contributed by atoms with E-state index >= 15 is 0 Å². The van der Waals surface area contributed by atoms with Gasteiger partial charge in [-0.05, 0) is 43.6 Å². The van der Waals surface area contributed by atoms with E-state index in [9.17, 15) is 4.79 Å². The summed E-state index contributed by atoms with van der Waals surface area (Å²) in [6, 6.07) is 4.21. The lowest BCUT2D eigenvalue weighted by atomic mass is 9.80. The Morgan fingerprint density at radius 1 is 1.21 bits per heavy atom. The number of hydrogen-bond acceptors (Lipinski definition) is 5. The minimum Gasteiger partial charge on any atom is -0.494 e. The molecule has 4 rings (SSSR count). The molecule has 1 saturated carbocycles. The van der Waals surface area contributed by atoms with E-state index in [-0.39, 0.29) is 11.6 Å². The number of fused-ring (bicyclic) bond motifs is 1. The first-order valence-corrected chi connectivity index (χ1v) is 10.2. The van der Waals surface area contributed by atoms with E-state index in [2.05, 4.69) is 40.0 Å². The van der Waals surface area contributed by atoms with Gasteiger partial charge in [0, 0.05) is 30.0 Å². The highest BCUT2D eigenvalue weighted by molar-refractivity contribution is 6.04. The number of anilines is 1. The molecule has 0 spiro atoms. The molecule has 7 heteroatoms. The average Bonchev–Trinajstić information content (AvgIpc) is 3.16. The molecule has 0 saturated heterocycles. The molecule has 2 aromatic heterocycles. The molecule has 0 radical (unpaired) electrons. The van der Waals surface area contributed by atoms with E-state index in [1.807, 2.05) is 12.1 Å². The van der Waals surface area contributed by atoms with Crippen molar-refractivity contribution in [2.75, 3.05) is 12.4 Å². The highest BCUT2D eigenvalue weighted by Gasteiger charge is 2.25. The lowest BCUT2D eigenvalue weighted by molar-refractivity contribution is 0.102. The zero-order valence-electron chi connectivity index (χ0n) is 17.1. The molecule has 152 valence electrons. The van der Waals surface area contributed by atoms with E-state index < -0.39 is 0 Å². The summed E-state index contributed by atoms with van der Waals surface area (Å²) in [5.74, 6) is 1.82. The summed E-state index contributed by atoms with van der Waals surface area (Å²) in [5, 5.41) is 8.65. The van der Waals surface area contributed by atoms with Crippen LogP contribution in [0.4, 0.5) is 5.69 Å². The Morgan fingerprint density at radius 3 is 2.66 bits per heavy atom. The fourth-order valence-corrected chi connectivity index (χ4v) is 4.16. The van der Waals surface area contributed by atoms with Gasteiger partial charge in [-0.2, -0.15) is 5.10 Å². The van der Waals surface area contributed by atoms with Crippen molar-refractivity contribution in [3.63, 3.8) is 0 Å². The van der Waals surface area contributed by atoms with Crippen molar-refractivity contribution in [2.24, 2.45) is 11.8 Å². The van der Waals surface area contributed by atoms with Gasteiger partial charge < -0.3 is 10.1 Å². The molecule has 3 aromatic rings. The molecule has 0 atom stereocenters. The predicted molar refractivity (Wildman–Crippen MR) is 112 cm³/mol. The number of methoxy groups -OCH3 is 1. The number of benzene rings is 1. The number of ether oxygens (including phenoxy) is 1. The molecule has 1 N–H and O–H groups in total. The normalized spacial score (nSPS) is 19.4. The van der Waals surface area contributed by atoms with E-state index in [4.69, 9.17) is 9.84 Å². The van der Waals surface area contributed by atoms with Crippen LogP contribution in [0.2, 0.25) is 0 Å². The van der Waals surface area contributed by atoms with Crippen LogP contribution in [0.5, 0.6) is 5.75 Å². The first-order valence-electron chi connectivity index (χ1n) is 10.2. The lowest BCUT2D eigenvalue weighted by Crippen LogP contribution is -2.21. The maximum atomic E-state index is 12.5. The van der Waals surface area contributed by atoms with Crippen LogP contribution in [0.25, 0.3) is 10.9 Å². The third-order valence-corrected chi connectivity index (χ3v) is 5.95. The second kappa shape index (κ2) is 8.19. The van der Waals surface area contributed by atoms with Crippen molar-refractivity contribution in [1.29, 1.82) is 0 Å². The summed E-state index contributed by atoms with van der Waals surface area (Å²) in [7, 11) is 1.59. The maximum Gasteiger partial charge on any atom is 0.275 e. The van der Waals surface area contributed by atoms with Crippen molar-refractivity contribution in [1.82, 2.24) is 19.7 Å². The fraction of sp³-hybridized carbons (Fsp3) is 0.455. The Kier molecular flexibility index (Phi) is 5.47. The summed E-state index contributed by atoms with van der Waals surface area (Å²) >= 11 is 0. The molecule has 0 unspecified atom stereocenters. The Hall–Kier alpha value is -2.96. The van der Waals surface area contributed by atoms with E-state index in [1.54, 1.807) is 7.11 Å². The van der Waals surface area contributed by atoms with Gasteiger partial charge in [0.25, 0.3) is 5.91 Å². The quantitative estimate of drug-likeness (QED) is 0.691. The van der Waals surface area contributed by atoms with Gasteiger partial charge >= 0.3 is 0 Å². The van der Waals surface area contributed by atoms with Crippen LogP contribution in [0.3, 0.4) is 0 Å². The number of nitrogens with one attached hydrogen (secondary N) is 1. The highest BCUT2D eigenvalue weighted by atomic mass is 16.5. The van der Waals surface area contributed by atoms with Crippen molar-refractivity contribution < 1.29 is 9.53 Å². The molecule has 2 heterocycles. The number of aromatic nitrogens is 4. The minimum absolute atomic E-state index is 0.257. The summed E-state index contributed by atoms with van der Waals surface area (Å²) in [6.45, 7) is 4.63. The van der Waals surface area contributed by atoms with Gasteiger partial charge in [-0.1, -0.05) is 13.8 Å². The van der Waals surface area contributed by atoms with Crippen LogP contribution in [-0.4, -0.2) is 32.8 Å². The SMILES string of the molecule is COc1cc2nn(C3CCC(C(C)C)CC3)cc2cc1NC(=O)c1cnccn1. The number of nitrogens with zero attached hydrogens (tertiary/aromatic N) is 4. The molecular formula is C22H27N5O2. The summed E-state index contributed by atoms with van der Waals surface area (Å²) in [6.07, 6.45) is 11.4. The summed E-state index contributed by atoms with van der Waals surface area (Å²) < 4.78 is 7.58. The fourth-order valence-electron chi connectivity index (χ4n) is 4.16. The number of carbonyl (C=O) groups excluding carboxylic acids is 1. The Labute approximate surface area is 170 Å². The van der Waals surface area contributed by atoms with Gasteiger partial charge in [0.05, 0.1) is 30.6 Å². The first kappa shape index (κ1) is 19.4. The molecular weight excluding hydrogens is 366 g/mol. The highest BCUT2D eigenvalue weighted by Crippen LogP contribution is 2.37. The van der Waals surface area contributed by atoms with Crippen LogP contribution < -0.4 is 10.1 Å². The Morgan fingerprint density at radius 2 is 2.00 bits per heavy atom. The third kappa shape index (κ3) is 4.09. The van der Waals surface area contributed by atoms with Crippen LogP contribution in [0.15, 0.2) is 36.9 Å². The summed E-state index contributed by atoms with van der Waals surface area (Å²) in [5.41, 5.74) is 1.72. The number of amides is 1. The van der Waals surface area contributed by atoms with Crippen LogP contribution in [0.1, 0.15) is 56.1 Å². The molecule has 1 fully saturated rings. The number of rotatable bonds is 5. The van der Waals surface area contributed by atoms with Gasteiger partial charge in [-0.15, -0.1) is 0 Å². The van der Waals surface area contributed by atoms with E-state index in [0.717, 1.165) is 35.6 Å². The van der Waals surface area contributed by atoms with Gasteiger partial charge in [0.15, 0.2) is 0 Å². The second-order valence-electron chi connectivity index (χ2n) is 8.08. The van der Waals surface area contributed by atoms with Gasteiger partial charge in [0.1, 0.15) is 11.4 Å². The van der Waals surface area contributed by atoms with Crippen LogP contribution in [-0.2, 0) is 0 Å². The number of carbonyl (C=O) groups is 1. The van der Waals surface area contributed by atoms with E-state index in [1.165, 1.54) is 31.4 Å². The Balaban J connectivity index is 1.57.